The van der Waals surface area contributed by atoms with Crippen LogP contribution in [0.5, 0.6) is 5.75 Å². The minimum Gasteiger partial charge on any atom is -0.481 e. The van der Waals surface area contributed by atoms with E-state index in [0.29, 0.717) is 24.7 Å². The molecule has 0 aromatic heterocycles. The van der Waals surface area contributed by atoms with Crippen LogP contribution in [0.2, 0.25) is 0 Å². The van der Waals surface area contributed by atoms with E-state index in [1.807, 2.05) is 24.3 Å². The molecule has 1 heterocycles. The number of carbonyl (C=O) groups is 2. The number of carboxylic acid groups (broad SMARTS) is 1. The number of hydrogen-bond donors (Lipinski definition) is 2. The second-order valence-corrected chi connectivity index (χ2v) is 5.74. The Morgan fingerprint density at radius 1 is 1.21 bits per heavy atom. The normalized spacial score (nSPS) is 17.4. The smallest absolute Gasteiger partial charge is 0.341 e. The summed E-state index contributed by atoms with van der Waals surface area (Å²) in [4.78, 5) is 23.1. The van der Waals surface area contributed by atoms with Gasteiger partial charge in [0.15, 0.2) is 6.61 Å². The zero-order chi connectivity index (χ0) is 16.9. The van der Waals surface area contributed by atoms with Gasteiger partial charge in [-0.15, -0.1) is 0 Å². The van der Waals surface area contributed by atoms with Crippen molar-refractivity contribution in [3.05, 3.63) is 36.4 Å². The van der Waals surface area contributed by atoms with Gasteiger partial charge in [-0.05, 0) is 25.0 Å². The van der Waals surface area contributed by atoms with Gasteiger partial charge < -0.3 is 19.9 Å². The summed E-state index contributed by atoms with van der Waals surface area (Å²) in [7, 11) is 0. The fourth-order valence-electron chi connectivity index (χ4n) is 2.83. The predicted molar refractivity (Wildman–Crippen MR) is 89.3 cm³/mol. The average Bonchev–Trinajstić information content (AvgIpc) is 2.61. The van der Waals surface area contributed by atoms with E-state index in [1.165, 1.54) is 0 Å². The lowest BCUT2D eigenvalue weighted by Gasteiger charge is -2.22. The van der Waals surface area contributed by atoms with Crippen LogP contribution in [0, 0.1) is 5.92 Å². The molecule has 1 amide bonds. The molecule has 1 saturated heterocycles. The lowest BCUT2D eigenvalue weighted by molar-refractivity contribution is -0.139. The van der Waals surface area contributed by atoms with Crippen molar-refractivity contribution >= 4 is 28.3 Å². The van der Waals surface area contributed by atoms with Gasteiger partial charge in [0.25, 0.3) is 0 Å². The Hall–Kier alpha value is -2.60. The molecule has 0 spiro atoms. The van der Waals surface area contributed by atoms with Gasteiger partial charge in [-0.25, -0.2) is 4.79 Å². The van der Waals surface area contributed by atoms with Gasteiger partial charge in [0.05, 0.1) is 12.5 Å². The maximum Gasteiger partial charge on any atom is 0.341 e. The Kier molecular flexibility index (Phi) is 4.96. The van der Waals surface area contributed by atoms with E-state index in [9.17, 15) is 9.59 Å². The third-order valence-electron chi connectivity index (χ3n) is 4.02. The third-order valence-corrected chi connectivity index (χ3v) is 4.02. The molecule has 2 aromatic rings. The number of fused-ring (bicyclic) bond motifs is 1. The summed E-state index contributed by atoms with van der Waals surface area (Å²) in [5.41, 5.74) is 0.684. The maximum atomic E-state index is 12.4. The van der Waals surface area contributed by atoms with Crippen LogP contribution in [0.4, 0.5) is 5.69 Å². The molecule has 0 saturated carbocycles. The molecule has 1 unspecified atom stereocenters. The van der Waals surface area contributed by atoms with Crippen molar-refractivity contribution in [3.8, 4) is 5.75 Å². The van der Waals surface area contributed by atoms with Gasteiger partial charge >= 0.3 is 5.97 Å². The number of nitrogens with one attached hydrogen (secondary N) is 1. The lowest BCUT2D eigenvalue weighted by Crippen LogP contribution is -2.30. The molecule has 2 N–H and O–H groups in total. The van der Waals surface area contributed by atoms with Crippen LogP contribution < -0.4 is 10.1 Å². The molecule has 0 aliphatic carbocycles. The minimum atomic E-state index is -1.03. The first kappa shape index (κ1) is 16.3. The Bertz CT molecular complexity index is 752. The number of anilines is 1. The van der Waals surface area contributed by atoms with Crippen molar-refractivity contribution < 1.29 is 24.2 Å². The molecular weight excluding hydrogens is 310 g/mol. The molecule has 0 bridgehead atoms. The highest BCUT2D eigenvalue weighted by molar-refractivity contribution is 6.04. The standard InChI is InChI=1S/C18H19NO5/c20-17(21)11-24-16-8-7-15(13-5-1-2-6-14(13)16)19-18(22)12-4-3-9-23-10-12/h1-2,5-8,12H,3-4,9-11H2,(H,19,22)(H,20,21). The molecule has 1 aliphatic heterocycles. The monoisotopic (exact) mass is 329 g/mol. The maximum absolute atomic E-state index is 12.4. The van der Waals surface area contributed by atoms with Crippen LogP contribution >= 0.6 is 0 Å². The highest BCUT2D eigenvalue weighted by Gasteiger charge is 2.22. The first-order chi connectivity index (χ1) is 11.6. The predicted octanol–water partition coefficient (Wildman–Crippen LogP) is 2.67. The number of amides is 1. The first-order valence-corrected chi connectivity index (χ1v) is 7.90. The fourth-order valence-corrected chi connectivity index (χ4v) is 2.83. The van der Waals surface area contributed by atoms with Gasteiger partial charge in [0, 0.05) is 23.1 Å². The zero-order valence-electron chi connectivity index (χ0n) is 13.2. The van der Waals surface area contributed by atoms with Crippen LogP contribution in [0.3, 0.4) is 0 Å². The van der Waals surface area contributed by atoms with E-state index in [4.69, 9.17) is 14.6 Å². The molecule has 3 rings (SSSR count). The molecule has 6 heteroatoms. The summed E-state index contributed by atoms with van der Waals surface area (Å²) in [5, 5.41) is 13.3. The van der Waals surface area contributed by atoms with E-state index in [1.54, 1.807) is 12.1 Å². The Labute approximate surface area is 139 Å². The van der Waals surface area contributed by atoms with Crippen molar-refractivity contribution in [2.75, 3.05) is 25.1 Å². The molecule has 2 aromatic carbocycles. The van der Waals surface area contributed by atoms with Crippen LogP contribution in [0.1, 0.15) is 12.8 Å². The number of carboxylic acids is 1. The Morgan fingerprint density at radius 2 is 2.00 bits per heavy atom. The molecule has 6 nitrogen and oxygen atoms in total. The number of hydrogen-bond acceptors (Lipinski definition) is 4. The lowest BCUT2D eigenvalue weighted by atomic mass is 10.0. The first-order valence-electron chi connectivity index (χ1n) is 7.90. The SMILES string of the molecule is O=C(O)COc1ccc(NC(=O)C2CCCOC2)c2ccccc12. The fraction of sp³-hybridized carbons (Fsp3) is 0.333. The van der Waals surface area contributed by atoms with Crippen molar-refractivity contribution in [1.82, 2.24) is 0 Å². The zero-order valence-corrected chi connectivity index (χ0v) is 13.2. The average molecular weight is 329 g/mol. The summed E-state index contributed by atoms with van der Waals surface area (Å²) >= 11 is 0. The van der Waals surface area contributed by atoms with E-state index in [2.05, 4.69) is 5.32 Å². The van der Waals surface area contributed by atoms with Crippen molar-refractivity contribution in [2.45, 2.75) is 12.8 Å². The quantitative estimate of drug-likeness (QED) is 0.881. The topological polar surface area (TPSA) is 84.9 Å². The summed E-state index contributed by atoms with van der Waals surface area (Å²) < 4.78 is 10.7. The molecule has 126 valence electrons. The van der Waals surface area contributed by atoms with Crippen LogP contribution in [-0.4, -0.2) is 36.8 Å². The van der Waals surface area contributed by atoms with Gasteiger partial charge in [0.1, 0.15) is 5.75 Å². The van der Waals surface area contributed by atoms with E-state index in [-0.39, 0.29) is 11.8 Å². The third kappa shape index (κ3) is 3.65. The van der Waals surface area contributed by atoms with Crippen molar-refractivity contribution in [2.24, 2.45) is 5.92 Å². The highest BCUT2D eigenvalue weighted by Crippen LogP contribution is 2.32. The Morgan fingerprint density at radius 3 is 2.71 bits per heavy atom. The largest absolute Gasteiger partial charge is 0.481 e. The highest BCUT2D eigenvalue weighted by atomic mass is 16.5. The van der Waals surface area contributed by atoms with Crippen molar-refractivity contribution in [3.63, 3.8) is 0 Å². The second-order valence-electron chi connectivity index (χ2n) is 5.74. The molecular formula is C18H19NO5. The second kappa shape index (κ2) is 7.31. The number of rotatable bonds is 5. The van der Waals surface area contributed by atoms with E-state index >= 15 is 0 Å². The van der Waals surface area contributed by atoms with Crippen molar-refractivity contribution in [1.29, 1.82) is 0 Å². The Balaban J connectivity index is 1.84. The van der Waals surface area contributed by atoms with Gasteiger partial charge in [-0.1, -0.05) is 24.3 Å². The van der Waals surface area contributed by atoms with Crippen LogP contribution in [0.25, 0.3) is 10.8 Å². The van der Waals surface area contributed by atoms with E-state index < -0.39 is 12.6 Å². The van der Waals surface area contributed by atoms with Gasteiger partial charge in [-0.3, -0.25) is 4.79 Å². The number of aliphatic carboxylic acids is 1. The minimum absolute atomic E-state index is 0.0564. The van der Waals surface area contributed by atoms with Gasteiger partial charge in [-0.2, -0.15) is 0 Å². The summed E-state index contributed by atoms with van der Waals surface area (Å²) in [6.45, 7) is 0.751. The number of carbonyl (C=O) groups excluding carboxylic acids is 1. The molecule has 0 radical (unpaired) electrons. The summed E-state index contributed by atoms with van der Waals surface area (Å²) in [5.74, 6) is -0.750. The summed E-state index contributed by atoms with van der Waals surface area (Å²) in [6.07, 6.45) is 1.71. The number of benzene rings is 2. The molecule has 1 aliphatic rings. The van der Waals surface area contributed by atoms with E-state index in [0.717, 1.165) is 23.6 Å². The van der Waals surface area contributed by atoms with Crippen LogP contribution in [-0.2, 0) is 14.3 Å². The van der Waals surface area contributed by atoms with Gasteiger partial charge in [0.2, 0.25) is 5.91 Å². The van der Waals surface area contributed by atoms with Crippen LogP contribution in [0.15, 0.2) is 36.4 Å². The molecule has 1 atom stereocenters. The summed E-state index contributed by atoms with van der Waals surface area (Å²) in [6, 6.07) is 10.8. The number of ether oxygens (including phenoxy) is 2. The molecule has 24 heavy (non-hydrogen) atoms. The molecule has 1 fully saturated rings.